The first-order valence-corrected chi connectivity index (χ1v) is 28.0. The third-order valence-corrected chi connectivity index (χ3v) is 12.3. The van der Waals surface area contributed by atoms with Crippen molar-refractivity contribution in [2.24, 2.45) is 16.8 Å². The van der Waals surface area contributed by atoms with Gasteiger partial charge in [-0.1, -0.05) is 168 Å². The first-order chi connectivity index (χ1) is 32.2. The van der Waals surface area contributed by atoms with Crippen molar-refractivity contribution in [3.8, 4) is 0 Å². The molecule has 0 saturated carbocycles. The molecule has 4 amide bonds. The topological polar surface area (TPSA) is 127 Å². The van der Waals surface area contributed by atoms with Crippen molar-refractivity contribution < 1.29 is 33.4 Å². The van der Waals surface area contributed by atoms with Crippen LogP contribution in [-0.4, -0.2) is 83.3 Å². The number of hydrogen-bond acceptors (Lipinski definition) is 7. The van der Waals surface area contributed by atoms with E-state index in [0.717, 1.165) is 31.1 Å². The molecule has 0 aromatic carbocycles. The number of unbranched alkanes of at least 4 members (excludes halogenated alkanes) is 21. The minimum Gasteiger partial charge on any atom is -0.444 e. The molecular weight excluding hydrogens is 853 g/mol. The molecule has 0 aromatic rings. The van der Waals surface area contributed by atoms with Gasteiger partial charge in [0, 0.05) is 32.6 Å². The molecule has 2 unspecified atom stereocenters. The van der Waals surface area contributed by atoms with Crippen LogP contribution in [0.25, 0.3) is 0 Å². The van der Waals surface area contributed by atoms with Gasteiger partial charge < -0.3 is 24.4 Å². The number of aliphatic imine (C=N–C) groups is 1. The number of carbonyl (C=O) groups is 4. The standard InChI is InChI=1S/C57H109N4O7/c1-13-16-18-19-20-21-22-23-24-25-28-31-34-41-49(15-3)50(40-17-14-2)42-35-32-29-26-27-30-33-36-43-51(62)59-48-61(54(65)68-57(10,11)12)46-38-37-45-60(53(64)67-56(7,8)9)47-39-44-58-52(63)66-55(4,5)6/h31,48-50H,13-30,32-47H2,1-12H3,(H,58,63). The van der Waals surface area contributed by atoms with E-state index >= 15 is 0 Å². The van der Waals surface area contributed by atoms with Crippen molar-refractivity contribution in [3.63, 3.8) is 0 Å². The summed E-state index contributed by atoms with van der Waals surface area (Å²) in [6.07, 6.45) is 38.5. The summed E-state index contributed by atoms with van der Waals surface area (Å²) in [5.74, 6) is 1.50. The second-order valence-corrected chi connectivity index (χ2v) is 22.5. The zero-order valence-corrected chi connectivity index (χ0v) is 46.6. The lowest BCUT2D eigenvalue weighted by Gasteiger charge is -2.28. The van der Waals surface area contributed by atoms with Crippen molar-refractivity contribution in [3.05, 3.63) is 6.42 Å². The monoisotopic (exact) mass is 962 g/mol. The van der Waals surface area contributed by atoms with Crippen LogP contribution in [0.4, 0.5) is 14.4 Å². The average Bonchev–Trinajstić information content (AvgIpc) is 3.24. The van der Waals surface area contributed by atoms with Crippen LogP contribution in [0, 0.1) is 18.3 Å². The summed E-state index contributed by atoms with van der Waals surface area (Å²) in [6, 6.07) is 0. The lowest BCUT2D eigenvalue weighted by molar-refractivity contribution is -0.117. The Bertz CT molecular complexity index is 1300. The van der Waals surface area contributed by atoms with E-state index in [9.17, 15) is 19.2 Å². The third-order valence-electron chi connectivity index (χ3n) is 12.3. The first-order valence-electron chi connectivity index (χ1n) is 28.0. The Morgan fingerprint density at radius 2 is 0.985 bits per heavy atom. The van der Waals surface area contributed by atoms with Crippen molar-refractivity contribution in [2.45, 2.75) is 293 Å². The van der Waals surface area contributed by atoms with Crippen molar-refractivity contribution in [1.29, 1.82) is 0 Å². The van der Waals surface area contributed by atoms with Gasteiger partial charge in [0.25, 0.3) is 0 Å². The number of alkyl carbamates (subject to hydrolysis) is 1. The van der Waals surface area contributed by atoms with Gasteiger partial charge in [-0.05, 0) is 119 Å². The molecule has 0 aliphatic heterocycles. The minimum absolute atomic E-state index is 0.246. The predicted octanol–water partition coefficient (Wildman–Crippen LogP) is 16.7. The summed E-state index contributed by atoms with van der Waals surface area (Å²) in [4.78, 5) is 58.1. The molecule has 11 heteroatoms. The fourth-order valence-electron chi connectivity index (χ4n) is 8.55. The van der Waals surface area contributed by atoms with Crippen LogP contribution < -0.4 is 5.32 Å². The maximum Gasteiger partial charge on any atom is 0.415 e. The van der Waals surface area contributed by atoms with Crippen LogP contribution in [0.15, 0.2) is 4.99 Å². The van der Waals surface area contributed by atoms with Gasteiger partial charge in [-0.25, -0.2) is 19.4 Å². The molecule has 2 atom stereocenters. The highest BCUT2D eigenvalue weighted by Crippen LogP contribution is 2.31. The van der Waals surface area contributed by atoms with Gasteiger partial charge in [-0.15, -0.1) is 0 Å². The molecule has 68 heavy (non-hydrogen) atoms. The fourth-order valence-corrected chi connectivity index (χ4v) is 8.55. The van der Waals surface area contributed by atoms with Gasteiger partial charge in [0.1, 0.15) is 23.1 Å². The summed E-state index contributed by atoms with van der Waals surface area (Å²) >= 11 is 0. The van der Waals surface area contributed by atoms with Gasteiger partial charge in [0.2, 0.25) is 5.91 Å². The predicted molar refractivity (Wildman–Crippen MR) is 285 cm³/mol. The quantitative estimate of drug-likeness (QED) is 0.0280. The fraction of sp³-hybridized carbons (Fsp3) is 0.895. The first kappa shape index (κ1) is 65.1. The van der Waals surface area contributed by atoms with E-state index in [1.165, 1.54) is 159 Å². The van der Waals surface area contributed by atoms with E-state index in [0.29, 0.717) is 45.3 Å². The third kappa shape index (κ3) is 41.0. The van der Waals surface area contributed by atoms with Crippen LogP contribution in [0.3, 0.4) is 0 Å². The molecule has 0 heterocycles. The molecule has 399 valence electrons. The lowest BCUT2D eigenvalue weighted by Crippen LogP contribution is -2.40. The summed E-state index contributed by atoms with van der Waals surface area (Å²) in [7, 11) is 0. The van der Waals surface area contributed by atoms with Crippen molar-refractivity contribution in [1.82, 2.24) is 15.1 Å². The Kier molecular flexibility index (Phi) is 38.2. The van der Waals surface area contributed by atoms with Gasteiger partial charge >= 0.3 is 18.3 Å². The molecule has 0 rings (SSSR count). The van der Waals surface area contributed by atoms with Crippen LogP contribution in [0.2, 0.25) is 0 Å². The Morgan fingerprint density at radius 1 is 0.500 bits per heavy atom. The molecule has 0 bridgehead atoms. The number of nitrogens with zero attached hydrogens (tertiary/aromatic N) is 3. The molecule has 0 aliphatic rings. The minimum atomic E-state index is -0.715. The molecule has 11 nitrogen and oxygen atoms in total. The number of amides is 4. The molecule has 0 aromatic heterocycles. The molecule has 0 spiro atoms. The normalized spacial score (nSPS) is 13.1. The van der Waals surface area contributed by atoms with Crippen LogP contribution in [0.5, 0.6) is 0 Å². The van der Waals surface area contributed by atoms with Gasteiger partial charge in [-0.3, -0.25) is 9.69 Å². The second kappa shape index (κ2) is 39.8. The highest BCUT2D eigenvalue weighted by molar-refractivity contribution is 5.90. The SMILES string of the molecule is CCCCCCCCCCCC[CH]CCC(CC)C(CCCC)CCCCCCCCCCC(=O)N=CN(CCCCN(CCCNC(=O)OC(C)(C)C)C(=O)OC(C)(C)C)C(=O)OC(C)(C)C. The van der Waals surface area contributed by atoms with E-state index < -0.39 is 35.1 Å². The number of ether oxygens (including phenoxy) is 3. The van der Waals surface area contributed by atoms with E-state index in [4.69, 9.17) is 14.2 Å². The van der Waals surface area contributed by atoms with Gasteiger partial charge in [0.15, 0.2) is 0 Å². The Balaban J connectivity index is 4.68. The summed E-state index contributed by atoms with van der Waals surface area (Å²) in [6.45, 7) is 24.7. The zero-order valence-electron chi connectivity index (χ0n) is 46.6. The lowest BCUT2D eigenvalue weighted by atomic mass is 9.79. The molecule has 1 N–H and O–H groups in total. The molecule has 0 fully saturated rings. The zero-order chi connectivity index (χ0) is 51.1. The van der Waals surface area contributed by atoms with Crippen LogP contribution in [0.1, 0.15) is 276 Å². The van der Waals surface area contributed by atoms with E-state index in [1.54, 1.807) is 46.4 Å². The second-order valence-electron chi connectivity index (χ2n) is 22.5. The summed E-state index contributed by atoms with van der Waals surface area (Å²) in [5.41, 5.74) is -1.98. The Morgan fingerprint density at radius 3 is 1.54 bits per heavy atom. The number of hydrogen-bond donors (Lipinski definition) is 1. The smallest absolute Gasteiger partial charge is 0.415 e. The van der Waals surface area contributed by atoms with E-state index in [1.807, 2.05) is 20.8 Å². The maximum absolute atomic E-state index is 13.1. The average molecular weight is 963 g/mol. The number of nitrogens with one attached hydrogen (secondary N) is 1. The largest absolute Gasteiger partial charge is 0.444 e. The molecule has 0 aliphatic carbocycles. The summed E-state index contributed by atoms with van der Waals surface area (Å²) < 4.78 is 16.6. The van der Waals surface area contributed by atoms with Crippen LogP contribution >= 0.6 is 0 Å². The Hall–Kier alpha value is -2.85. The highest BCUT2D eigenvalue weighted by Gasteiger charge is 2.24. The molecule has 1 radical (unpaired) electrons. The maximum atomic E-state index is 13.1. The number of carbonyl (C=O) groups excluding carboxylic acids is 4. The molecular formula is C57H109N4O7. The van der Waals surface area contributed by atoms with Crippen LogP contribution in [-0.2, 0) is 19.0 Å². The molecule has 0 saturated heterocycles. The van der Waals surface area contributed by atoms with E-state index in [2.05, 4.69) is 37.5 Å². The van der Waals surface area contributed by atoms with E-state index in [-0.39, 0.29) is 12.5 Å². The van der Waals surface area contributed by atoms with Crippen molar-refractivity contribution in [2.75, 3.05) is 26.2 Å². The summed E-state index contributed by atoms with van der Waals surface area (Å²) in [5, 5.41) is 2.73. The highest BCUT2D eigenvalue weighted by atomic mass is 16.6. The number of rotatable bonds is 40. The van der Waals surface area contributed by atoms with Gasteiger partial charge in [-0.2, -0.15) is 0 Å². The van der Waals surface area contributed by atoms with Gasteiger partial charge in [0.05, 0.1) is 0 Å². The Labute approximate surface area is 419 Å². The van der Waals surface area contributed by atoms with Crippen molar-refractivity contribution >= 4 is 30.5 Å².